The van der Waals surface area contributed by atoms with Crippen LogP contribution in [0.2, 0.25) is 0 Å². The second-order valence-electron chi connectivity index (χ2n) is 12.9. The van der Waals surface area contributed by atoms with E-state index in [2.05, 4.69) is 152 Å². The summed E-state index contributed by atoms with van der Waals surface area (Å²) in [6, 6.07) is 48.7. The number of furan rings is 1. The minimum absolute atomic E-state index is 0.342. The number of aromatic nitrogens is 2. The van der Waals surface area contributed by atoms with E-state index in [1.807, 2.05) is 12.1 Å². The Morgan fingerprint density at radius 2 is 1.20 bits per heavy atom. The molecule has 0 amide bonds. The Labute approximate surface area is 286 Å². The largest absolute Gasteiger partial charge is 0.460 e. The first kappa shape index (κ1) is 29.1. The van der Waals surface area contributed by atoms with Gasteiger partial charge in [-0.3, -0.25) is 0 Å². The molecule has 1 unspecified atom stereocenters. The van der Waals surface area contributed by atoms with E-state index in [4.69, 9.17) is 14.4 Å². The summed E-state index contributed by atoms with van der Waals surface area (Å²) >= 11 is 0. The molecule has 0 aliphatic heterocycles. The molecule has 0 radical (unpaired) electrons. The molecule has 3 nitrogen and oxygen atoms in total. The van der Waals surface area contributed by atoms with Crippen LogP contribution in [0.4, 0.5) is 0 Å². The van der Waals surface area contributed by atoms with Crippen LogP contribution in [0.15, 0.2) is 173 Å². The van der Waals surface area contributed by atoms with Gasteiger partial charge in [-0.2, -0.15) is 0 Å². The number of aryl methyl sites for hydroxylation is 1. The summed E-state index contributed by atoms with van der Waals surface area (Å²) in [6.07, 6.45) is 12.0. The lowest BCUT2D eigenvalue weighted by atomic mass is 9.81. The number of rotatable bonds is 6. The molecule has 1 atom stereocenters. The minimum Gasteiger partial charge on any atom is -0.460 e. The third-order valence-corrected chi connectivity index (χ3v) is 9.81. The highest BCUT2D eigenvalue weighted by molar-refractivity contribution is 6.00. The van der Waals surface area contributed by atoms with Crippen molar-refractivity contribution in [1.29, 1.82) is 0 Å². The average molecular weight is 631 g/mol. The van der Waals surface area contributed by atoms with Gasteiger partial charge in [0.15, 0.2) is 5.82 Å². The summed E-state index contributed by atoms with van der Waals surface area (Å²) in [4.78, 5) is 10.3. The summed E-state index contributed by atoms with van der Waals surface area (Å²) in [7, 11) is 0. The van der Waals surface area contributed by atoms with Gasteiger partial charge in [0.25, 0.3) is 0 Å². The van der Waals surface area contributed by atoms with Crippen molar-refractivity contribution in [3.63, 3.8) is 0 Å². The maximum Gasteiger partial charge on any atom is 0.161 e. The van der Waals surface area contributed by atoms with Gasteiger partial charge in [-0.15, -0.1) is 0 Å². The van der Waals surface area contributed by atoms with Gasteiger partial charge in [0.05, 0.1) is 11.4 Å². The van der Waals surface area contributed by atoms with Crippen molar-refractivity contribution in [2.45, 2.75) is 25.2 Å². The smallest absolute Gasteiger partial charge is 0.161 e. The fraction of sp³-hybridized carbons (Fsp3) is 0.0870. The summed E-state index contributed by atoms with van der Waals surface area (Å²) in [5, 5.41) is 1.08. The van der Waals surface area contributed by atoms with Gasteiger partial charge in [0, 0.05) is 40.0 Å². The molecule has 49 heavy (non-hydrogen) atoms. The topological polar surface area (TPSA) is 38.9 Å². The molecule has 7 aromatic rings. The summed E-state index contributed by atoms with van der Waals surface area (Å²) < 4.78 is 6.52. The highest BCUT2D eigenvalue weighted by atomic mass is 16.3. The SMILES string of the molecule is C1=CC(c2ccc(-c3ccccc3)cc2)CC(C2=Cc3c(oc4cccc(-c5nc(-c6ccccc6)cc(-c6ccccc6)n5)c34)CC2)=C1. The van der Waals surface area contributed by atoms with E-state index >= 15 is 0 Å². The molecule has 0 N–H and O–H groups in total. The first-order chi connectivity index (χ1) is 24.3. The molecule has 2 aliphatic carbocycles. The number of fused-ring (bicyclic) bond motifs is 3. The van der Waals surface area contributed by atoms with E-state index in [1.165, 1.54) is 27.8 Å². The van der Waals surface area contributed by atoms with E-state index in [0.29, 0.717) is 11.7 Å². The van der Waals surface area contributed by atoms with Crippen molar-refractivity contribution in [2.24, 2.45) is 0 Å². The van der Waals surface area contributed by atoms with Crippen LogP contribution >= 0.6 is 0 Å². The fourth-order valence-corrected chi connectivity index (χ4v) is 7.27. The maximum atomic E-state index is 6.52. The Balaban J connectivity index is 1.08. The van der Waals surface area contributed by atoms with Crippen molar-refractivity contribution in [2.75, 3.05) is 0 Å². The lowest BCUT2D eigenvalue weighted by molar-refractivity contribution is 0.543. The Morgan fingerprint density at radius 3 is 1.88 bits per heavy atom. The third kappa shape index (κ3) is 5.64. The van der Waals surface area contributed by atoms with Crippen molar-refractivity contribution >= 4 is 17.0 Å². The highest BCUT2D eigenvalue weighted by Gasteiger charge is 2.25. The van der Waals surface area contributed by atoms with Crippen LogP contribution in [0, 0.1) is 0 Å². The van der Waals surface area contributed by atoms with Gasteiger partial charge in [-0.1, -0.05) is 146 Å². The molecule has 0 spiro atoms. The maximum absolute atomic E-state index is 6.52. The van der Waals surface area contributed by atoms with E-state index in [-0.39, 0.29) is 0 Å². The van der Waals surface area contributed by atoms with Crippen LogP contribution in [0.1, 0.15) is 35.6 Å². The monoisotopic (exact) mass is 630 g/mol. The Hall–Kier alpha value is -6.06. The van der Waals surface area contributed by atoms with Gasteiger partial charge < -0.3 is 4.42 Å². The molecule has 3 heteroatoms. The van der Waals surface area contributed by atoms with Gasteiger partial charge in [-0.05, 0) is 58.9 Å². The minimum atomic E-state index is 0.342. The summed E-state index contributed by atoms with van der Waals surface area (Å²) in [6.45, 7) is 0. The normalized spacial score (nSPS) is 15.5. The standard InChI is InChI=1S/C46H34N2O/c1-4-12-31(13-5-1)32-22-24-33(25-23-32)36-18-10-19-37(28-36)38-26-27-43-40(29-38)45-39(20-11-21-44(45)49-43)46-47-41(34-14-6-2-7-15-34)30-42(48-46)35-16-8-3-9-17-35/h1-25,29-30,36H,26-28H2. The quantitative estimate of drug-likeness (QED) is 0.183. The molecule has 0 bridgehead atoms. The molecular formula is C46H34N2O. The second-order valence-corrected chi connectivity index (χ2v) is 12.9. The van der Waals surface area contributed by atoms with Crippen molar-refractivity contribution in [3.8, 4) is 45.0 Å². The molecule has 5 aromatic carbocycles. The van der Waals surface area contributed by atoms with Gasteiger partial charge in [0.2, 0.25) is 0 Å². The molecule has 9 rings (SSSR count). The molecule has 2 heterocycles. The molecule has 0 saturated carbocycles. The number of benzene rings is 5. The lowest BCUT2D eigenvalue weighted by Gasteiger charge is -2.23. The van der Waals surface area contributed by atoms with Gasteiger partial charge in [0.1, 0.15) is 11.3 Å². The van der Waals surface area contributed by atoms with Crippen molar-refractivity contribution < 1.29 is 4.42 Å². The predicted molar refractivity (Wildman–Crippen MR) is 201 cm³/mol. The van der Waals surface area contributed by atoms with Crippen molar-refractivity contribution in [1.82, 2.24) is 9.97 Å². The zero-order chi connectivity index (χ0) is 32.6. The first-order valence-electron chi connectivity index (χ1n) is 17.1. The van der Waals surface area contributed by atoms with Crippen LogP contribution in [-0.2, 0) is 6.42 Å². The molecular weight excluding hydrogens is 597 g/mol. The summed E-state index contributed by atoms with van der Waals surface area (Å²) in [5.41, 5.74) is 13.6. The molecule has 0 saturated heterocycles. The van der Waals surface area contributed by atoms with Crippen LogP contribution in [0.25, 0.3) is 62.1 Å². The molecule has 2 aliphatic rings. The molecule has 2 aromatic heterocycles. The molecule has 0 fully saturated rings. The van der Waals surface area contributed by atoms with Crippen LogP contribution in [0.3, 0.4) is 0 Å². The van der Waals surface area contributed by atoms with Crippen molar-refractivity contribution in [3.05, 3.63) is 186 Å². The van der Waals surface area contributed by atoms with E-state index in [0.717, 1.165) is 69.6 Å². The van der Waals surface area contributed by atoms with Crippen LogP contribution in [0.5, 0.6) is 0 Å². The number of hydrogen-bond acceptors (Lipinski definition) is 3. The lowest BCUT2D eigenvalue weighted by Crippen LogP contribution is -2.06. The van der Waals surface area contributed by atoms with Crippen LogP contribution < -0.4 is 0 Å². The van der Waals surface area contributed by atoms with E-state index in [9.17, 15) is 0 Å². The fourth-order valence-electron chi connectivity index (χ4n) is 7.27. The second kappa shape index (κ2) is 12.5. The zero-order valence-corrected chi connectivity index (χ0v) is 27.1. The number of allylic oxidation sites excluding steroid dienone is 5. The molecule has 234 valence electrons. The third-order valence-electron chi connectivity index (χ3n) is 9.81. The predicted octanol–water partition coefficient (Wildman–Crippen LogP) is 11.9. The Bertz CT molecular complexity index is 2320. The number of nitrogens with zero attached hydrogens (tertiary/aromatic N) is 2. The van der Waals surface area contributed by atoms with Crippen LogP contribution in [-0.4, -0.2) is 9.97 Å². The Morgan fingerprint density at radius 1 is 0.571 bits per heavy atom. The Kier molecular flexibility index (Phi) is 7.44. The average Bonchev–Trinajstić information content (AvgIpc) is 3.57. The van der Waals surface area contributed by atoms with Gasteiger partial charge >= 0.3 is 0 Å². The zero-order valence-electron chi connectivity index (χ0n) is 27.1. The first-order valence-corrected chi connectivity index (χ1v) is 17.1. The summed E-state index contributed by atoms with van der Waals surface area (Å²) in [5.74, 6) is 2.08. The van der Waals surface area contributed by atoms with E-state index in [1.54, 1.807) is 0 Å². The number of hydrogen-bond donors (Lipinski definition) is 0. The van der Waals surface area contributed by atoms with E-state index < -0.39 is 0 Å². The highest BCUT2D eigenvalue weighted by Crippen LogP contribution is 2.42. The van der Waals surface area contributed by atoms with Gasteiger partial charge in [-0.25, -0.2) is 9.97 Å².